The Hall–Kier alpha value is -3.12. The summed E-state index contributed by atoms with van der Waals surface area (Å²) in [6.07, 6.45) is -0.862. The van der Waals surface area contributed by atoms with Gasteiger partial charge in [-0.3, -0.25) is 18.3 Å². The van der Waals surface area contributed by atoms with E-state index in [0.717, 1.165) is 24.3 Å². The van der Waals surface area contributed by atoms with Crippen LogP contribution in [0.5, 0.6) is 17.2 Å². The molecule has 0 saturated heterocycles. The zero-order valence-corrected chi connectivity index (χ0v) is 29.7. The van der Waals surface area contributed by atoms with Gasteiger partial charge < -0.3 is 54.5 Å². The van der Waals surface area contributed by atoms with Crippen molar-refractivity contribution >= 4 is 30.4 Å². The average molecular weight is 770 g/mol. The molecule has 0 saturated carbocycles. The molecule has 1 aliphatic rings. The third-order valence-electron chi connectivity index (χ3n) is 8.74. The Morgan fingerprint density at radius 3 is 0.960 bits per heavy atom. The number of aromatic hydroxyl groups is 3. The maximum atomic E-state index is 12.4. The smallest absolute Gasteiger partial charge is 0.345 e. The lowest BCUT2D eigenvalue weighted by molar-refractivity contribution is 0.335. The highest BCUT2D eigenvalue weighted by Crippen LogP contribution is 2.71. The van der Waals surface area contributed by atoms with Crippen molar-refractivity contribution in [2.75, 3.05) is 0 Å². The molecule has 8 bridgehead atoms. The number of rotatable bonds is 6. The van der Waals surface area contributed by atoms with Crippen LogP contribution >= 0.6 is 30.4 Å². The maximum absolute atomic E-state index is 12.4. The summed E-state index contributed by atoms with van der Waals surface area (Å²) in [7, 11) is -21.9. The Balaban J connectivity index is 1.81. The third-order valence-corrected chi connectivity index (χ3v) is 16.1. The van der Waals surface area contributed by atoms with Crippen LogP contribution in [0, 0.1) is 6.92 Å². The molecule has 4 aromatic carbocycles. The van der Waals surface area contributed by atoms with E-state index in [0.29, 0.717) is 16.7 Å². The van der Waals surface area contributed by atoms with E-state index in [9.17, 15) is 72.7 Å². The number of hydrogen-bond donors (Lipinski definition) is 11. The summed E-state index contributed by atoms with van der Waals surface area (Å²) in [5.74, 6) is -1.08. The third kappa shape index (κ3) is 7.86. The van der Waals surface area contributed by atoms with Gasteiger partial charge in [0.15, 0.2) is 10.8 Å². The Morgan fingerprint density at radius 1 is 0.440 bits per heavy atom. The Labute approximate surface area is 285 Å². The first-order valence-electron chi connectivity index (χ1n) is 14.7. The first kappa shape index (κ1) is 38.1. The first-order chi connectivity index (χ1) is 23.0. The van der Waals surface area contributed by atoms with Crippen LogP contribution in [0.3, 0.4) is 0 Å². The largest absolute Gasteiger partial charge is 0.507 e. The van der Waals surface area contributed by atoms with Crippen LogP contribution < -0.4 is 0 Å². The molecule has 11 N–H and O–H groups in total. The summed E-state index contributed by atoms with van der Waals surface area (Å²) in [5.41, 5.74) is 1.06. The van der Waals surface area contributed by atoms with Crippen LogP contribution in [-0.2, 0) is 43.9 Å². The molecule has 50 heavy (non-hydrogen) atoms. The molecule has 0 fully saturated rings. The molecule has 0 unspecified atom stereocenters. The minimum atomic E-state index is -5.46. The molecular formula is C31H34O15P4. The minimum absolute atomic E-state index is 0.0315. The molecule has 15 nitrogen and oxygen atoms in total. The van der Waals surface area contributed by atoms with Crippen LogP contribution in [0.2, 0.25) is 0 Å². The molecule has 0 spiro atoms. The summed E-state index contributed by atoms with van der Waals surface area (Å²) in [6.45, 7) is 1.68. The molecule has 268 valence electrons. The van der Waals surface area contributed by atoms with Gasteiger partial charge in [0, 0.05) is 25.7 Å². The quantitative estimate of drug-likeness (QED) is 0.106. The normalized spacial score (nSPS) is 14.3. The lowest BCUT2D eigenvalue weighted by Crippen LogP contribution is -2.07. The van der Waals surface area contributed by atoms with Gasteiger partial charge in [-0.1, -0.05) is 60.7 Å². The van der Waals surface area contributed by atoms with E-state index in [1.165, 1.54) is 18.2 Å². The van der Waals surface area contributed by atoms with Crippen molar-refractivity contribution in [3.8, 4) is 17.2 Å². The van der Waals surface area contributed by atoms with Crippen molar-refractivity contribution in [2.45, 2.75) is 43.4 Å². The monoisotopic (exact) mass is 770 g/mol. The molecule has 4 aromatic rings. The van der Waals surface area contributed by atoms with Crippen molar-refractivity contribution in [1.29, 1.82) is 0 Å². The fourth-order valence-corrected chi connectivity index (χ4v) is 11.7. The van der Waals surface area contributed by atoms with Gasteiger partial charge in [0.1, 0.15) is 17.2 Å². The second-order valence-corrected chi connectivity index (χ2v) is 19.9. The number of benzene rings is 4. The van der Waals surface area contributed by atoms with E-state index in [-0.39, 0.29) is 76.3 Å². The van der Waals surface area contributed by atoms with Crippen LogP contribution in [-0.4, -0.2) is 54.5 Å². The van der Waals surface area contributed by atoms with E-state index in [2.05, 4.69) is 0 Å². The number of phenolic OH excluding ortho intramolecular Hbond substituents is 3. The van der Waals surface area contributed by atoms with Crippen molar-refractivity contribution < 1.29 is 72.7 Å². The van der Waals surface area contributed by atoms with Crippen molar-refractivity contribution in [3.05, 3.63) is 122 Å². The van der Waals surface area contributed by atoms with E-state index < -0.39 is 52.3 Å². The standard InChI is InChI=1S/C31H34O15P4/c1-16-17-4-2-5-18(16)9-22-13-26(31(49(41,42)43)50(44,45)46)15-24(29(22)34)11-20-7-3-6-19(27(20)32)10-23-14-25(12-21(8-17)28(23)33)30(47(35,36)37)48(38,39)40/h2-7,12-15,30-34H,8-11H2,1H3,(H2,35,36,37)(H2,38,39,40)(H2,41,42,43)(H2,44,45,46). The Morgan fingerprint density at radius 2 is 0.680 bits per heavy atom. The van der Waals surface area contributed by atoms with E-state index in [4.69, 9.17) is 0 Å². The highest BCUT2D eigenvalue weighted by molar-refractivity contribution is 7.70. The molecule has 0 radical (unpaired) electrons. The van der Waals surface area contributed by atoms with Gasteiger partial charge in [-0.15, -0.1) is 0 Å². The molecule has 19 heteroatoms. The van der Waals surface area contributed by atoms with Crippen LogP contribution in [0.1, 0.15) is 72.0 Å². The Bertz CT molecular complexity index is 1900. The van der Waals surface area contributed by atoms with E-state index in [1.54, 1.807) is 25.1 Å². The van der Waals surface area contributed by atoms with Crippen molar-refractivity contribution in [2.24, 2.45) is 0 Å². The van der Waals surface area contributed by atoms with E-state index in [1.807, 2.05) is 0 Å². The van der Waals surface area contributed by atoms with Gasteiger partial charge in [0.25, 0.3) is 0 Å². The number of fused-ring (bicyclic) bond motifs is 8. The number of para-hydroxylation sites is 1. The summed E-state index contributed by atoms with van der Waals surface area (Å²) in [4.78, 5) is 79.9. The van der Waals surface area contributed by atoms with Crippen LogP contribution in [0.25, 0.3) is 0 Å². The minimum Gasteiger partial charge on any atom is -0.507 e. The molecule has 0 amide bonds. The SMILES string of the molecule is Cc1c2cccc1Cc1cc(C(P(=O)(O)O)P(=O)(O)O)cc(c1O)Cc1cccc(c1O)Cc1cc(C(P(=O)(O)O)P(=O)(O)O)cc(c1O)C2. The van der Waals surface area contributed by atoms with Crippen molar-refractivity contribution in [3.63, 3.8) is 0 Å². The summed E-state index contributed by atoms with van der Waals surface area (Å²) >= 11 is 0. The molecule has 0 aromatic heterocycles. The molecule has 5 rings (SSSR count). The zero-order valence-electron chi connectivity index (χ0n) is 26.1. The molecule has 0 aliphatic heterocycles. The fourth-order valence-electron chi connectivity index (χ4n) is 6.45. The summed E-state index contributed by atoms with van der Waals surface area (Å²) in [6, 6.07) is 13.6. The number of phenols is 3. The zero-order chi connectivity index (χ0) is 37.1. The van der Waals surface area contributed by atoms with Crippen LogP contribution in [0.4, 0.5) is 0 Å². The maximum Gasteiger partial charge on any atom is 0.345 e. The van der Waals surface area contributed by atoms with Crippen LogP contribution in [0.15, 0.2) is 60.7 Å². The fraction of sp³-hybridized carbons (Fsp3) is 0.226. The Kier molecular flexibility index (Phi) is 10.3. The lowest BCUT2D eigenvalue weighted by Gasteiger charge is -2.24. The lowest BCUT2D eigenvalue weighted by atomic mass is 9.88. The second kappa shape index (κ2) is 13.5. The van der Waals surface area contributed by atoms with Gasteiger partial charge >= 0.3 is 30.4 Å². The highest BCUT2D eigenvalue weighted by atomic mass is 31.2. The highest BCUT2D eigenvalue weighted by Gasteiger charge is 2.46. The predicted octanol–water partition coefficient (Wildman–Crippen LogP) is 4.50. The molecule has 1 aliphatic carbocycles. The topological polar surface area (TPSA) is 291 Å². The number of hydrogen-bond acceptors (Lipinski definition) is 7. The molecule has 0 heterocycles. The summed E-state index contributed by atoms with van der Waals surface area (Å²) in [5, 5.41) is 29.1. The van der Waals surface area contributed by atoms with Gasteiger partial charge in [-0.2, -0.15) is 0 Å². The van der Waals surface area contributed by atoms with Gasteiger partial charge in [-0.25, -0.2) is 0 Å². The average Bonchev–Trinajstić information content (AvgIpc) is 2.94. The summed E-state index contributed by atoms with van der Waals surface area (Å²) < 4.78 is 49.6. The first-order valence-corrected chi connectivity index (χ1v) is 21.5. The predicted molar refractivity (Wildman–Crippen MR) is 180 cm³/mol. The van der Waals surface area contributed by atoms with Gasteiger partial charge in [0.05, 0.1) is 0 Å². The van der Waals surface area contributed by atoms with Gasteiger partial charge in [-0.05, 0) is 68.1 Å². The molecule has 0 atom stereocenters. The van der Waals surface area contributed by atoms with Crippen molar-refractivity contribution in [1.82, 2.24) is 0 Å². The molecular weight excluding hydrogens is 736 g/mol. The second-order valence-electron chi connectivity index (χ2n) is 12.3. The van der Waals surface area contributed by atoms with E-state index >= 15 is 0 Å². The van der Waals surface area contributed by atoms with Gasteiger partial charge in [0.2, 0.25) is 0 Å².